The molecule has 0 spiro atoms. The Morgan fingerprint density at radius 2 is 1.94 bits per heavy atom. The van der Waals surface area contributed by atoms with E-state index in [1.807, 2.05) is 28.7 Å². The van der Waals surface area contributed by atoms with Gasteiger partial charge in [-0.2, -0.15) is 0 Å². The van der Waals surface area contributed by atoms with Crippen molar-refractivity contribution in [3.63, 3.8) is 0 Å². The highest BCUT2D eigenvalue weighted by atomic mass is 35.5. The number of hydrogen-bond donors (Lipinski definition) is 1. The van der Waals surface area contributed by atoms with E-state index in [1.54, 1.807) is 18.5 Å². The first kappa shape index (κ1) is 19.4. The molecule has 4 aromatic rings. The summed E-state index contributed by atoms with van der Waals surface area (Å²) in [6.45, 7) is 0.166. The molecule has 1 unspecified atom stereocenters. The van der Waals surface area contributed by atoms with Crippen LogP contribution in [0.25, 0.3) is 5.65 Å². The van der Waals surface area contributed by atoms with Gasteiger partial charge in [0.1, 0.15) is 11.5 Å². The van der Waals surface area contributed by atoms with Crippen molar-refractivity contribution in [2.75, 3.05) is 12.1 Å². The fourth-order valence-electron chi connectivity index (χ4n) is 3.69. The molecule has 2 aromatic heterocycles. The van der Waals surface area contributed by atoms with Gasteiger partial charge in [0.2, 0.25) is 12.7 Å². The van der Waals surface area contributed by atoms with Crippen LogP contribution in [-0.4, -0.2) is 22.1 Å². The number of ether oxygens (including phenoxy) is 2. The highest BCUT2D eigenvalue weighted by molar-refractivity contribution is 6.30. The topological polar surface area (TPSA) is 64.9 Å². The van der Waals surface area contributed by atoms with E-state index in [9.17, 15) is 9.18 Å². The second-order valence-electron chi connectivity index (χ2n) is 7.18. The first-order valence-electron chi connectivity index (χ1n) is 9.64. The third kappa shape index (κ3) is 3.92. The Morgan fingerprint density at radius 1 is 1.13 bits per heavy atom. The maximum atomic E-state index is 13.2. The molecule has 8 heteroatoms. The molecule has 1 atom stereocenters. The summed E-state index contributed by atoms with van der Waals surface area (Å²) in [5, 5.41) is 3.39. The number of nitrogens with zero attached hydrogens (tertiary/aromatic N) is 2. The summed E-state index contributed by atoms with van der Waals surface area (Å²) in [5.74, 6) is 0.390. The Bertz CT molecular complexity index is 1270. The van der Waals surface area contributed by atoms with Gasteiger partial charge in [0.15, 0.2) is 11.5 Å². The molecule has 6 nitrogen and oxygen atoms in total. The molecule has 31 heavy (non-hydrogen) atoms. The van der Waals surface area contributed by atoms with Crippen molar-refractivity contribution in [2.45, 2.75) is 12.3 Å². The Morgan fingerprint density at radius 3 is 2.77 bits per heavy atom. The van der Waals surface area contributed by atoms with Crippen LogP contribution in [0.5, 0.6) is 11.5 Å². The molecular formula is C23H17ClFN3O3. The first-order valence-corrected chi connectivity index (χ1v) is 10.0. The predicted molar refractivity (Wildman–Crippen MR) is 114 cm³/mol. The Balaban J connectivity index is 1.51. The van der Waals surface area contributed by atoms with Crippen molar-refractivity contribution in [1.82, 2.24) is 9.38 Å². The van der Waals surface area contributed by atoms with Crippen molar-refractivity contribution < 1.29 is 18.7 Å². The van der Waals surface area contributed by atoms with Crippen LogP contribution in [-0.2, 0) is 4.79 Å². The third-order valence-electron chi connectivity index (χ3n) is 5.17. The summed E-state index contributed by atoms with van der Waals surface area (Å²) in [5.41, 5.74) is 2.94. The summed E-state index contributed by atoms with van der Waals surface area (Å²) in [6.07, 6.45) is 3.65. The minimum absolute atomic E-state index is 0.136. The molecule has 3 heterocycles. The van der Waals surface area contributed by atoms with E-state index >= 15 is 0 Å². The van der Waals surface area contributed by atoms with Crippen molar-refractivity contribution in [1.29, 1.82) is 0 Å². The van der Waals surface area contributed by atoms with Gasteiger partial charge in [-0.15, -0.1) is 0 Å². The minimum atomic E-state index is -0.362. The standard InChI is InChI=1S/C23H17ClFN3O3/c24-15-2-8-22-26-11-19(28(22)12-15)18(14-1-7-20-21(9-14)31-13-30-20)10-23(29)27-17-5-3-16(25)4-6-17/h1-9,11-12,18H,10,13H2,(H,27,29). The van der Waals surface area contributed by atoms with Crippen molar-refractivity contribution in [3.05, 3.63) is 89.1 Å². The van der Waals surface area contributed by atoms with Crippen LogP contribution in [0.4, 0.5) is 10.1 Å². The van der Waals surface area contributed by atoms with Gasteiger partial charge in [-0.3, -0.25) is 4.79 Å². The van der Waals surface area contributed by atoms with Gasteiger partial charge in [-0.25, -0.2) is 9.37 Å². The monoisotopic (exact) mass is 437 g/mol. The summed E-state index contributed by atoms with van der Waals surface area (Å²) >= 11 is 6.21. The van der Waals surface area contributed by atoms with E-state index in [0.29, 0.717) is 22.2 Å². The molecule has 0 bridgehead atoms. The largest absolute Gasteiger partial charge is 0.454 e. The smallest absolute Gasteiger partial charge is 0.231 e. The average Bonchev–Trinajstić information content (AvgIpc) is 3.40. The summed E-state index contributed by atoms with van der Waals surface area (Å²) in [6, 6.07) is 14.9. The number of anilines is 1. The van der Waals surface area contributed by atoms with Crippen LogP contribution >= 0.6 is 11.6 Å². The molecule has 0 saturated carbocycles. The first-order chi connectivity index (χ1) is 15.1. The molecule has 2 aromatic carbocycles. The highest BCUT2D eigenvalue weighted by Crippen LogP contribution is 2.38. The third-order valence-corrected chi connectivity index (χ3v) is 5.40. The molecule has 1 N–H and O–H groups in total. The minimum Gasteiger partial charge on any atom is -0.454 e. The highest BCUT2D eigenvalue weighted by Gasteiger charge is 2.25. The van der Waals surface area contributed by atoms with Crippen molar-refractivity contribution in [3.8, 4) is 11.5 Å². The maximum absolute atomic E-state index is 13.2. The van der Waals surface area contributed by atoms with Crippen molar-refractivity contribution in [2.24, 2.45) is 0 Å². The summed E-state index contributed by atoms with van der Waals surface area (Å²) in [4.78, 5) is 17.4. The number of halogens is 2. The van der Waals surface area contributed by atoms with E-state index < -0.39 is 0 Å². The summed E-state index contributed by atoms with van der Waals surface area (Å²) < 4.78 is 26.0. The lowest BCUT2D eigenvalue weighted by Gasteiger charge is -2.18. The zero-order chi connectivity index (χ0) is 21.4. The normalized spacial score (nSPS) is 13.4. The lowest BCUT2D eigenvalue weighted by Crippen LogP contribution is -2.17. The second-order valence-corrected chi connectivity index (χ2v) is 7.62. The number of benzene rings is 2. The number of pyridine rings is 1. The van der Waals surface area contributed by atoms with Crippen molar-refractivity contribution >= 4 is 28.8 Å². The van der Waals surface area contributed by atoms with Gasteiger partial charge in [0, 0.05) is 30.4 Å². The van der Waals surface area contributed by atoms with Gasteiger partial charge in [-0.1, -0.05) is 17.7 Å². The molecule has 0 aliphatic carbocycles. The van der Waals surface area contributed by atoms with Gasteiger partial charge >= 0.3 is 0 Å². The number of nitrogens with one attached hydrogen (secondary N) is 1. The van der Waals surface area contributed by atoms with E-state index in [0.717, 1.165) is 16.9 Å². The fraction of sp³-hybridized carbons (Fsp3) is 0.130. The molecule has 1 amide bonds. The number of hydrogen-bond acceptors (Lipinski definition) is 4. The van der Waals surface area contributed by atoms with Crippen LogP contribution in [0.3, 0.4) is 0 Å². The van der Waals surface area contributed by atoms with Crippen LogP contribution in [0, 0.1) is 5.82 Å². The van der Waals surface area contributed by atoms with Crippen LogP contribution in [0.2, 0.25) is 5.02 Å². The number of carbonyl (C=O) groups is 1. The van der Waals surface area contributed by atoms with E-state index in [2.05, 4.69) is 10.3 Å². The molecule has 1 aliphatic rings. The van der Waals surface area contributed by atoms with Crippen LogP contribution in [0.1, 0.15) is 23.6 Å². The van der Waals surface area contributed by atoms with E-state index in [-0.39, 0.29) is 30.9 Å². The Labute approximate surface area is 182 Å². The maximum Gasteiger partial charge on any atom is 0.231 e. The molecule has 0 saturated heterocycles. The average molecular weight is 438 g/mol. The molecule has 0 radical (unpaired) electrons. The van der Waals surface area contributed by atoms with Crippen LogP contribution in [0.15, 0.2) is 67.0 Å². The number of carbonyl (C=O) groups excluding carboxylic acids is 1. The van der Waals surface area contributed by atoms with Gasteiger partial charge in [-0.05, 0) is 54.1 Å². The van der Waals surface area contributed by atoms with E-state index in [1.165, 1.54) is 24.3 Å². The van der Waals surface area contributed by atoms with E-state index in [4.69, 9.17) is 21.1 Å². The Hall–Kier alpha value is -3.58. The molecule has 0 fully saturated rings. The van der Waals surface area contributed by atoms with Gasteiger partial charge < -0.3 is 19.2 Å². The molecule has 156 valence electrons. The van der Waals surface area contributed by atoms with Gasteiger partial charge in [0.25, 0.3) is 0 Å². The number of amides is 1. The molecular weight excluding hydrogens is 421 g/mol. The molecule has 1 aliphatic heterocycles. The fourth-order valence-corrected chi connectivity index (χ4v) is 3.85. The SMILES string of the molecule is O=C(CC(c1ccc2c(c1)OCO2)c1cnc2ccc(Cl)cn12)Nc1ccc(F)cc1. The Kier molecular flexibility index (Phi) is 4.95. The number of rotatable bonds is 5. The number of fused-ring (bicyclic) bond motifs is 2. The van der Waals surface area contributed by atoms with Crippen LogP contribution < -0.4 is 14.8 Å². The summed E-state index contributed by atoms with van der Waals surface area (Å²) in [7, 11) is 0. The lowest BCUT2D eigenvalue weighted by atomic mass is 9.92. The zero-order valence-electron chi connectivity index (χ0n) is 16.2. The quantitative estimate of drug-likeness (QED) is 0.476. The number of imidazole rings is 1. The number of aromatic nitrogens is 2. The lowest BCUT2D eigenvalue weighted by molar-refractivity contribution is -0.116. The second kappa shape index (κ2) is 7.92. The zero-order valence-corrected chi connectivity index (χ0v) is 17.0. The predicted octanol–water partition coefficient (Wildman–Crippen LogP) is 5.02. The molecule has 5 rings (SSSR count). The van der Waals surface area contributed by atoms with Gasteiger partial charge in [0.05, 0.1) is 10.7 Å².